The minimum atomic E-state index is -4.48. The second kappa shape index (κ2) is 27.4. The lowest BCUT2D eigenvalue weighted by molar-refractivity contribution is -0.142. The summed E-state index contributed by atoms with van der Waals surface area (Å²) >= 11 is 0. The third-order valence-corrected chi connectivity index (χ3v) is 13.7. The van der Waals surface area contributed by atoms with Crippen molar-refractivity contribution in [2.24, 2.45) is 16.1 Å². The molecule has 0 aliphatic heterocycles. The number of carbonyl (C=O) groups is 6. The van der Waals surface area contributed by atoms with Crippen LogP contribution in [0.5, 0.6) is 0 Å². The number of anilines is 2. The third kappa shape index (κ3) is 16.9. The van der Waals surface area contributed by atoms with Gasteiger partial charge < -0.3 is 41.9 Å². The van der Waals surface area contributed by atoms with E-state index in [1.165, 1.54) is 12.1 Å². The van der Waals surface area contributed by atoms with Crippen molar-refractivity contribution in [3.05, 3.63) is 126 Å². The largest absolute Gasteiger partial charge is 0.480 e. The van der Waals surface area contributed by atoms with Crippen LogP contribution in [-0.4, -0.2) is 105 Å². The molecule has 0 radical (unpaired) electrons. The van der Waals surface area contributed by atoms with Crippen LogP contribution in [0.15, 0.2) is 130 Å². The number of nitrogens with zero attached hydrogens (tertiary/aromatic N) is 3. The van der Waals surface area contributed by atoms with Crippen molar-refractivity contribution in [3.8, 4) is 0 Å². The molecule has 0 aromatic heterocycles. The van der Waals surface area contributed by atoms with E-state index in [0.29, 0.717) is 58.2 Å². The second-order valence-electron chi connectivity index (χ2n) is 18.4. The molecule has 6 rings (SSSR count). The first kappa shape index (κ1) is 55.6. The molecular weight excluding hydrogens is 967 g/mol. The smallest absolute Gasteiger partial charge is 0.326 e. The highest BCUT2D eigenvalue weighted by Crippen LogP contribution is 2.30. The molecule has 0 unspecified atom stereocenters. The minimum absolute atomic E-state index is 0.00602. The van der Waals surface area contributed by atoms with Gasteiger partial charge in [-0.05, 0) is 111 Å². The number of hydrogen-bond acceptors (Lipinski definition) is 12. The van der Waals surface area contributed by atoms with Crippen LogP contribution in [0.4, 0.5) is 22.7 Å². The van der Waals surface area contributed by atoms with Crippen molar-refractivity contribution in [1.82, 2.24) is 26.6 Å². The molecule has 392 valence electrons. The monoisotopic (exact) mass is 1030 g/mol. The molecule has 8 N–H and O–H groups in total. The first-order valence-corrected chi connectivity index (χ1v) is 26.3. The normalized spacial score (nSPS) is 14.0. The number of unbranched alkanes of at least 4 members (excludes halogenated alkanes) is 1. The number of carbonyl (C=O) groups excluding carboxylic acids is 5. The Hall–Kier alpha value is -7.71. The maximum absolute atomic E-state index is 14.2. The maximum Gasteiger partial charge on any atom is 0.326 e. The molecule has 20 heteroatoms. The standard InChI is InChI=1S/C54H65N9O10S/c1-63(2)41-28-26-40(27-29-41)62-61-39-24-22-38(23-25-39)50(65)57-32-10-9-19-46(54(69)70)59-52(67)45(58-53(68)47(35-36-13-5-3-6-14-36)60-51(66)37-15-7-4-8-16-37)30-31-49(64)56-34-33-55-44-20-11-18-43-42(44)17-12-21-48(43)74(71,72)73/h4,7-8,11-12,15-18,20-29,36,45-47,55H,3,5-6,9-10,13-14,19,30-35H2,1-2H3,(H,56,64)(H,57,65)(H,58,68)(H,59,67)(H,60,66)(H,69,70)(H,71,72,73)/t45-,46-,47-/m0/s1. The van der Waals surface area contributed by atoms with E-state index in [1.807, 2.05) is 43.3 Å². The first-order valence-electron chi connectivity index (χ1n) is 24.8. The fraction of sp³-hybridized carbons (Fsp3) is 0.370. The Balaban J connectivity index is 1.05. The Labute approximate surface area is 431 Å². The molecule has 3 atom stereocenters. The lowest BCUT2D eigenvalue weighted by Crippen LogP contribution is -2.56. The first-order chi connectivity index (χ1) is 35.5. The van der Waals surface area contributed by atoms with Gasteiger partial charge in [-0.25, -0.2) is 4.79 Å². The molecule has 1 saturated carbocycles. The molecule has 1 fully saturated rings. The average molecular weight is 1030 g/mol. The summed E-state index contributed by atoms with van der Waals surface area (Å²) in [6.45, 7) is 0.546. The number of azo groups is 1. The summed E-state index contributed by atoms with van der Waals surface area (Å²) in [6, 6.07) is 28.2. The van der Waals surface area contributed by atoms with Gasteiger partial charge in [-0.1, -0.05) is 74.6 Å². The highest BCUT2D eigenvalue weighted by molar-refractivity contribution is 7.86. The van der Waals surface area contributed by atoms with Crippen molar-refractivity contribution in [3.63, 3.8) is 0 Å². The molecule has 5 aromatic carbocycles. The summed E-state index contributed by atoms with van der Waals surface area (Å²) < 4.78 is 33.6. The van der Waals surface area contributed by atoms with Gasteiger partial charge in [-0.3, -0.25) is 28.5 Å². The highest BCUT2D eigenvalue weighted by Gasteiger charge is 2.32. The van der Waals surface area contributed by atoms with Gasteiger partial charge in [0.2, 0.25) is 17.7 Å². The third-order valence-electron chi connectivity index (χ3n) is 12.8. The number of aliphatic carboxylic acids is 1. The molecule has 0 heterocycles. The zero-order chi connectivity index (χ0) is 53.0. The van der Waals surface area contributed by atoms with Crippen LogP contribution in [0.3, 0.4) is 0 Å². The van der Waals surface area contributed by atoms with Gasteiger partial charge in [0, 0.05) is 73.4 Å². The predicted octanol–water partition coefficient (Wildman–Crippen LogP) is 7.30. The summed E-state index contributed by atoms with van der Waals surface area (Å²) in [7, 11) is -0.586. The van der Waals surface area contributed by atoms with Crippen molar-refractivity contribution >= 4 is 79.1 Å². The van der Waals surface area contributed by atoms with Crippen molar-refractivity contribution < 1.29 is 46.8 Å². The Morgan fingerprint density at radius 1 is 0.622 bits per heavy atom. The number of rotatable bonds is 26. The highest BCUT2D eigenvalue weighted by atomic mass is 32.2. The predicted molar refractivity (Wildman–Crippen MR) is 282 cm³/mol. The fourth-order valence-electron chi connectivity index (χ4n) is 8.70. The Morgan fingerprint density at radius 3 is 1.91 bits per heavy atom. The van der Waals surface area contributed by atoms with E-state index in [2.05, 4.69) is 42.1 Å². The number of amides is 5. The minimum Gasteiger partial charge on any atom is -0.480 e. The Kier molecular flexibility index (Phi) is 20.6. The molecule has 5 amide bonds. The quantitative estimate of drug-likeness (QED) is 0.0154. The molecular formula is C54H65N9O10S. The Bertz CT molecular complexity index is 2860. The number of benzene rings is 5. The summed E-state index contributed by atoms with van der Waals surface area (Å²) in [4.78, 5) is 82.0. The van der Waals surface area contributed by atoms with Crippen LogP contribution in [-0.2, 0) is 29.3 Å². The zero-order valence-electron chi connectivity index (χ0n) is 41.6. The maximum atomic E-state index is 14.2. The molecule has 0 spiro atoms. The van der Waals surface area contributed by atoms with E-state index in [0.717, 1.165) is 37.8 Å². The van der Waals surface area contributed by atoms with E-state index in [4.69, 9.17) is 0 Å². The van der Waals surface area contributed by atoms with E-state index in [1.54, 1.807) is 78.9 Å². The van der Waals surface area contributed by atoms with Gasteiger partial charge in [-0.2, -0.15) is 18.6 Å². The van der Waals surface area contributed by atoms with Gasteiger partial charge in [-0.15, -0.1) is 0 Å². The zero-order valence-corrected chi connectivity index (χ0v) is 42.4. The van der Waals surface area contributed by atoms with Crippen molar-refractivity contribution in [2.45, 2.75) is 93.7 Å². The van der Waals surface area contributed by atoms with Crippen LogP contribution in [0.1, 0.15) is 91.3 Å². The summed E-state index contributed by atoms with van der Waals surface area (Å²) in [5, 5.41) is 36.4. The number of fused-ring (bicyclic) bond motifs is 1. The van der Waals surface area contributed by atoms with Gasteiger partial charge in [0.15, 0.2) is 0 Å². The number of nitrogens with one attached hydrogen (secondary N) is 6. The van der Waals surface area contributed by atoms with Gasteiger partial charge in [0.05, 0.1) is 11.4 Å². The number of carboxylic acids is 1. The number of carboxylic acid groups (broad SMARTS) is 1. The van der Waals surface area contributed by atoms with E-state index >= 15 is 0 Å². The number of hydrogen-bond donors (Lipinski definition) is 8. The van der Waals surface area contributed by atoms with Gasteiger partial charge >= 0.3 is 5.97 Å². The molecule has 19 nitrogen and oxygen atoms in total. The fourth-order valence-corrected chi connectivity index (χ4v) is 9.41. The topological polar surface area (TPSA) is 277 Å². The molecule has 74 heavy (non-hydrogen) atoms. The Morgan fingerprint density at radius 2 is 1.24 bits per heavy atom. The molecule has 5 aromatic rings. The van der Waals surface area contributed by atoms with Crippen LogP contribution in [0.25, 0.3) is 10.8 Å². The molecule has 0 bridgehead atoms. The van der Waals surface area contributed by atoms with E-state index in [-0.39, 0.29) is 55.6 Å². The second-order valence-corrected chi connectivity index (χ2v) is 19.8. The van der Waals surface area contributed by atoms with Crippen LogP contribution in [0.2, 0.25) is 0 Å². The van der Waals surface area contributed by atoms with Crippen molar-refractivity contribution in [1.29, 1.82) is 0 Å². The molecule has 0 saturated heterocycles. The van der Waals surface area contributed by atoms with Crippen LogP contribution >= 0.6 is 0 Å². The van der Waals surface area contributed by atoms with Crippen LogP contribution in [0, 0.1) is 5.92 Å². The molecule has 1 aliphatic carbocycles. The summed E-state index contributed by atoms with van der Waals surface area (Å²) in [5.41, 5.74) is 3.58. The summed E-state index contributed by atoms with van der Waals surface area (Å²) in [6.07, 6.45) is 5.32. The van der Waals surface area contributed by atoms with Crippen LogP contribution < -0.4 is 36.8 Å². The van der Waals surface area contributed by atoms with Gasteiger partial charge in [0.1, 0.15) is 23.0 Å². The lowest BCUT2D eigenvalue weighted by atomic mass is 9.84. The van der Waals surface area contributed by atoms with Crippen molar-refractivity contribution in [2.75, 3.05) is 43.9 Å². The molecule has 1 aliphatic rings. The average Bonchev–Trinajstić information content (AvgIpc) is 3.39. The summed E-state index contributed by atoms with van der Waals surface area (Å²) in [5.74, 6) is -3.93. The van der Waals surface area contributed by atoms with E-state index < -0.39 is 57.8 Å². The van der Waals surface area contributed by atoms with Gasteiger partial charge in [0.25, 0.3) is 21.9 Å². The lowest BCUT2D eigenvalue weighted by Gasteiger charge is -2.28. The SMILES string of the molecule is CN(C)c1ccc(N=Nc2ccc(C(=O)NCCCC[C@H](NC(=O)[C@H](CCC(=O)NCCNc3cccc4c(S(=O)(=O)O)cccc34)NC(=O)[C@H](CC3CCCCC3)NC(=O)c3ccccc3)C(=O)O)cc2)cc1. The van der Waals surface area contributed by atoms with E-state index in [9.17, 15) is 46.8 Å².